The normalized spacial score (nSPS) is 11.4. The molecular weight excluding hydrogens is 176 g/mol. The average Bonchev–Trinajstić information content (AvgIpc) is 2.08. The molecule has 0 amide bonds. The van der Waals surface area contributed by atoms with Crippen LogP contribution in [0.3, 0.4) is 0 Å². The Morgan fingerprint density at radius 1 is 1.29 bits per heavy atom. The Morgan fingerprint density at radius 3 is 2.50 bits per heavy atom. The summed E-state index contributed by atoms with van der Waals surface area (Å²) >= 11 is 0. The number of ether oxygens (including phenoxy) is 1. The minimum Gasteiger partial charge on any atom is -0.504 e. The molecular formula is C12H18O2. The first-order valence-electron chi connectivity index (χ1n) is 5.02. The number of aromatic hydroxyl groups is 1. The van der Waals surface area contributed by atoms with E-state index in [2.05, 4.69) is 6.92 Å². The third-order valence-corrected chi connectivity index (χ3v) is 2.10. The molecule has 0 aliphatic carbocycles. The second-order valence-electron chi connectivity index (χ2n) is 4.08. The summed E-state index contributed by atoms with van der Waals surface area (Å²) in [5, 5.41) is 9.52. The maximum atomic E-state index is 9.52. The lowest BCUT2D eigenvalue weighted by molar-refractivity contribution is 0.0946. The minimum absolute atomic E-state index is 0.205. The van der Waals surface area contributed by atoms with Gasteiger partial charge in [0, 0.05) is 0 Å². The quantitative estimate of drug-likeness (QED) is 0.796. The predicted molar refractivity (Wildman–Crippen MR) is 57.7 cm³/mol. The van der Waals surface area contributed by atoms with Gasteiger partial charge in [-0.05, 0) is 32.4 Å². The summed E-state index contributed by atoms with van der Waals surface area (Å²) in [6.07, 6.45) is 2.04. The maximum Gasteiger partial charge on any atom is 0.161 e. The second-order valence-corrected chi connectivity index (χ2v) is 4.08. The van der Waals surface area contributed by atoms with Crippen molar-refractivity contribution in [3.63, 3.8) is 0 Å². The van der Waals surface area contributed by atoms with Crippen molar-refractivity contribution in [2.75, 3.05) is 0 Å². The Balaban J connectivity index is 2.73. The number of phenols is 1. The van der Waals surface area contributed by atoms with Gasteiger partial charge in [-0.1, -0.05) is 25.5 Å². The summed E-state index contributed by atoms with van der Waals surface area (Å²) in [5.41, 5.74) is -0.215. The van der Waals surface area contributed by atoms with E-state index >= 15 is 0 Å². The number of rotatable bonds is 4. The largest absolute Gasteiger partial charge is 0.504 e. The van der Waals surface area contributed by atoms with Gasteiger partial charge in [0.15, 0.2) is 11.5 Å². The molecule has 1 aromatic rings. The number of benzene rings is 1. The van der Waals surface area contributed by atoms with E-state index in [1.807, 2.05) is 19.9 Å². The molecule has 2 heteroatoms. The molecule has 0 fully saturated rings. The molecule has 0 bridgehead atoms. The minimum atomic E-state index is -0.215. The number of hydrogen-bond donors (Lipinski definition) is 1. The van der Waals surface area contributed by atoms with E-state index in [-0.39, 0.29) is 11.4 Å². The van der Waals surface area contributed by atoms with Crippen molar-refractivity contribution >= 4 is 0 Å². The van der Waals surface area contributed by atoms with Crippen molar-refractivity contribution in [2.45, 2.75) is 39.2 Å². The van der Waals surface area contributed by atoms with Crippen molar-refractivity contribution in [1.29, 1.82) is 0 Å². The fourth-order valence-corrected chi connectivity index (χ4v) is 1.49. The van der Waals surface area contributed by atoms with E-state index in [1.165, 1.54) is 0 Å². The molecule has 1 aromatic carbocycles. The van der Waals surface area contributed by atoms with Crippen LogP contribution in [0.2, 0.25) is 0 Å². The third-order valence-electron chi connectivity index (χ3n) is 2.10. The van der Waals surface area contributed by atoms with Gasteiger partial charge in [0.1, 0.15) is 5.60 Å². The smallest absolute Gasteiger partial charge is 0.161 e. The van der Waals surface area contributed by atoms with Crippen LogP contribution in [-0.2, 0) is 0 Å². The molecule has 78 valence electrons. The fourth-order valence-electron chi connectivity index (χ4n) is 1.49. The van der Waals surface area contributed by atoms with Crippen molar-refractivity contribution in [2.24, 2.45) is 0 Å². The Morgan fingerprint density at radius 2 is 1.93 bits per heavy atom. The van der Waals surface area contributed by atoms with Crippen LogP contribution in [0.15, 0.2) is 24.3 Å². The van der Waals surface area contributed by atoms with E-state index in [4.69, 9.17) is 4.74 Å². The van der Waals surface area contributed by atoms with E-state index < -0.39 is 0 Å². The molecule has 0 aliphatic heterocycles. The summed E-state index contributed by atoms with van der Waals surface area (Å²) in [7, 11) is 0. The highest BCUT2D eigenvalue weighted by Crippen LogP contribution is 2.29. The van der Waals surface area contributed by atoms with Gasteiger partial charge in [-0.3, -0.25) is 0 Å². The van der Waals surface area contributed by atoms with Crippen LogP contribution in [0.5, 0.6) is 11.5 Å². The maximum absolute atomic E-state index is 9.52. The van der Waals surface area contributed by atoms with Crippen molar-refractivity contribution < 1.29 is 9.84 Å². The number of hydrogen-bond acceptors (Lipinski definition) is 2. The van der Waals surface area contributed by atoms with Crippen LogP contribution in [0, 0.1) is 0 Å². The first-order chi connectivity index (χ1) is 6.55. The van der Waals surface area contributed by atoms with Gasteiger partial charge < -0.3 is 9.84 Å². The lowest BCUT2D eigenvalue weighted by atomic mass is 10.0. The second kappa shape index (κ2) is 4.36. The van der Waals surface area contributed by atoms with Gasteiger partial charge in [0.25, 0.3) is 0 Å². The summed E-state index contributed by atoms with van der Waals surface area (Å²) in [6.45, 7) is 6.18. The Hall–Kier alpha value is -1.18. The summed E-state index contributed by atoms with van der Waals surface area (Å²) in [6, 6.07) is 7.07. The van der Waals surface area contributed by atoms with Gasteiger partial charge >= 0.3 is 0 Å². The molecule has 0 heterocycles. The molecule has 0 saturated heterocycles. The number of para-hydroxylation sites is 2. The molecule has 0 radical (unpaired) electrons. The lowest BCUT2D eigenvalue weighted by Gasteiger charge is -2.26. The zero-order chi connectivity index (χ0) is 10.6. The summed E-state index contributed by atoms with van der Waals surface area (Å²) < 4.78 is 5.72. The van der Waals surface area contributed by atoms with E-state index in [0.29, 0.717) is 5.75 Å². The van der Waals surface area contributed by atoms with Crippen LogP contribution in [0.4, 0.5) is 0 Å². The first kappa shape index (κ1) is 10.9. The number of phenolic OH excluding ortho intramolecular Hbond substituents is 1. The molecule has 1 N–H and O–H groups in total. The van der Waals surface area contributed by atoms with Gasteiger partial charge in [-0.25, -0.2) is 0 Å². The lowest BCUT2D eigenvalue weighted by Crippen LogP contribution is -2.27. The van der Waals surface area contributed by atoms with Crippen LogP contribution in [-0.4, -0.2) is 10.7 Å². The molecule has 0 aliphatic rings. The van der Waals surface area contributed by atoms with E-state index in [9.17, 15) is 5.11 Å². The summed E-state index contributed by atoms with van der Waals surface area (Å²) in [5.74, 6) is 0.766. The standard InChI is InChI=1S/C12H18O2/c1-4-9-12(2,3)14-11-8-6-5-7-10(11)13/h5-8,13H,4,9H2,1-3H3. The highest BCUT2D eigenvalue weighted by atomic mass is 16.5. The topological polar surface area (TPSA) is 29.5 Å². The van der Waals surface area contributed by atoms with Crippen LogP contribution in [0.1, 0.15) is 33.6 Å². The van der Waals surface area contributed by atoms with Crippen molar-refractivity contribution in [3.8, 4) is 11.5 Å². The SMILES string of the molecule is CCCC(C)(C)Oc1ccccc1O. The van der Waals surface area contributed by atoms with Crippen LogP contribution < -0.4 is 4.74 Å². The van der Waals surface area contributed by atoms with Gasteiger partial charge in [-0.15, -0.1) is 0 Å². The third kappa shape index (κ3) is 2.95. The molecule has 0 unspecified atom stereocenters. The Labute approximate surface area is 85.5 Å². The molecule has 14 heavy (non-hydrogen) atoms. The monoisotopic (exact) mass is 194 g/mol. The summed E-state index contributed by atoms with van der Waals surface area (Å²) in [4.78, 5) is 0. The zero-order valence-corrected chi connectivity index (χ0v) is 9.08. The average molecular weight is 194 g/mol. The molecule has 2 nitrogen and oxygen atoms in total. The highest BCUT2D eigenvalue weighted by molar-refractivity contribution is 5.38. The van der Waals surface area contributed by atoms with Crippen LogP contribution >= 0.6 is 0 Å². The van der Waals surface area contributed by atoms with Gasteiger partial charge in [-0.2, -0.15) is 0 Å². The molecule has 0 saturated carbocycles. The molecule has 0 spiro atoms. The van der Waals surface area contributed by atoms with Gasteiger partial charge in [0.2, 0.25) is 0 Å². The molecule has 0 atom stereocenters. The Kier molecular flexibility index (Phi) is 3.39. The fraction of sp³-hybridized carbons (Fsp3) is 0.500. The van der Waals surface area contributed by atoms with E-state index in [1.54, 1.807) is 18.2 Å². The highest BCUT2D eigenvalue weighted by Gasteiger charge is 2.19. The van der Waals surface area contributed by atoms with Crippen molar-refractivity contribution in [1.82, 2.24) is 0 Å². The molecule has 0 aromatic heterocycles. The first-order valence-corrected chi connectivity index (χ1v) is 5.02. The van der Waals surface area contributed by atoms with E-state index in [0.717, 1.165) is 12.8 Å². The van der Waals surface area contributed by atoms with Crippen LogP contribution in [0.25, 0.3) is 0 Å². The Bertz CT molecular complexity index is 292. The predicted octanol–water partition coefficient (Wildman–Crippen LogP) is 3.35. The van der Waals surface area contributed by atoms with Crippen molar-refractivity contribution in [3.05, 3.63) is 24.3 Å². The zero-order valence-electron chi connectivity index (χ0n) is 9.08. The van der Waals surface area contributed by atoms with Gasteiger partial charge in [0.05, 0.1) is 0 Å². The molecule has 1 rings (SSSR count).